The minimum atomic E-state index is -0.551. The van der Waals surface area contributed by atoms with Gasteiger partial charge in [-0.3, -0.25) is 0 Å². The zero-order valence-electron chi connectivity index (χ0n) is 18.5. The highest BCUT2D eigenvalue weighted by molar-refractivity contribution is 5.87. The van der Waals surface area contributed by atoms with Gasteiger partial charge < -0.3 is 14.2 Å². The molecule has 2 bridgehead atoms. The number of carbonyl (C=O) groups is 1. The number of hydrogen-bond acceptors (Lipinski definition) is 4. The van der Waals surface area contributed by atoms with E-state index in [1.165, 1.54) is 17.2 Å². The van der Waals surface area contributed by atoms with E-state index in [0.29, 0.717) is 6.61 Å². The Morgan fingerprint density at radius 3 is 2.06 bits per heavy atom. The van der Waals surface area contributed by atoms with E-state index in [4.69, 9.17) is 14.2 Å². The number of hydrogen-bond donors (Lipinski definition) is 0. The fourth-order valence-electron chi connectivity index (χ4n) is 5.08. The van der Waals surface area contributed by atoms with Gasteiger partial charge in [-0.1, -0.05) is 91.0 Å². The zero-order chi connectivity index (χ0) is 22.5. The van der Waals surface area contributed by atoms with E-state index < -0.39 is 12.4 Å². The molecule has 0 saturated carbocycles. The molecule has 168 valence electrons. The molecule has 2 heterocycles. The van der Waals surface area contributed by atoms with E-state index in [2.05, 4.69) is 48.5 Å². The van der Waals surface area contributed by atoms with Crippen LogP contribution < -0.4 is 0 Å². The minimum absolute atomic E-state index is 0.0113. The fourth-order valence-corrected chi connectivity index (χ4v) is 5.08. The van der Waals surface area contributed by atoms with Gasteiger partial charge in [-0.15, -0.1) is 0 Å². The van der Waals surface area contributed by atoms with Crippen LogP contribution in [-0.2, 0) is 31.8 Å². The summed E-state index contributed by atoms with van der Waals surface area (Å²) < 4.78 is 18.2. The zero-order valence-corrected chi connectivity index (χ0v) is 18.5. The van der Waals surface area contributed by atoms with E-state index in [9.17, 15) is 4.79 Å². The Morgan fingerprint density at radius 2 is 1.45 bits per heavy atom. The molecule has 4 nitrogen and oxygen atoms in total. The largest absolute Gasteiger partial charge is 0.453 e. The number of esters is 1. The molecule has 0 unspecified atom stereocenters. The van der Waals surface area contributed by atoms with Gasteiger partial charge in [0, 0.05) is 11.5 Å². The topological polar surface area (TPSA) is 44.8 Å². The van der Waals surface area contributed by atoms with Crippen LogP contribution in [0.5, 0.6) is 0 Å². The number of ether oxygens (including phenoxy) is 3. The number of rotatable bonds is 7. The van der Waals surface area contributed by atoms with Crippen LogP contribution in [0.2, 0.25) is 0 Å². The SMILES string of the molecule is O=C(/C=C/c1ccccc1)O[C@@H]1[C@@H]2OC[C@H](CC1(Cc1ccccc1)Cc1ccccc1)O2. The summed E-state index contributed by atoms with van der Waals surface area (Å²) >= 11 is 0. The quantitative estimate of drug-likeness (QED) is 0.373. The van der Waals surface area contributed by atoms with Crippen LogP contribution >= 0.6 is 0 Å². The standard InChI is InChI=1S/C29H28O4/c30-26(17-16-22-10-4-1-5-11-22)33-27-28-31-21-25(32-28)20-29(27,18-23-12-6-2-7-13-23)19-24-14-8-3-9-15-24/h1-17,25,27-28H,18-21H2/b17-16+/t25-,27+,28+/m0/s1. The van der Waals surface area contributed by atoms with Crippen molar-refractivity contribution in [2.45, 2.75) is 37.8 Å². The maximum Gasteiger partial charge on any atom is 0.331 e. The van der Waals surface area contributed by atoms with Crippen molar-refractivity contribution in [1.82, 2.24) is 0 Å². The van der Waals surface area contributed by atoms with Gasteiger partial charge in [0.2, 0.25) is 0 Å². The smallest absolute Gasteiger partial charge is 0.331 e. The first-order chi connectivity index (χ1) is 16.2. The van der Waals surface area contributed by atoms with Crippen LogP contribution in [0.15, 0.2) is 97.1 Å². The molecule has 33 heavy (non-hydrogen) atoms. The summed E-state index contributed by atoms with van der Waals surface area (Å²) in [7, 11) is 0. The van der Waals surface area contributed by atoms with Gasteiger partial charge in [0.15, 0.2) is 12.4 Å². The molecular formula is C29H28O4. The third-order valence-electron chi connectivity index (χ3n) is 6.51. The summed E-state index contributed by atoms with van der Waals surface area (Å²) in [5.41, 5.74) is 3.06. The average Bonchev–Trinajstić information content (AvgIpc) is 3.25. The van der Waals surface area contributed by atoms with Crippen LogP contribution in [0.25, 0.3) is 6.08 Å². The lowest BCUT2D eigenvalue weighted by Gasteiger charge is -2.45. The number of carbonyl (C=O) groups excluding carboxylic acids is 1. The molecule has 3 aromatic carbocycles. The van der Waals surface area contributed by atoms with Gasteiger partial charge in [-0.2, -0.15) is 0 Å². The van der Waals surface area contributed by atoms with Gasteiger partial charge in [-0.05, 0) is 42.0 Å². The van der Waals surface area contributed by atoms with Crippen molar-refractivity contribution in [1.29, 1.82) is 0 Å². The normalized spacial score (nSPS) is 23.5. The predicted octanol–water partition coefficient (Wildman–Crippen LogP) is 5.23. The maximum atomic E-state index is 12.9. The van der Waals surface area contributed by atoms with Crippen molar-refractivity contribution in [3.63, 3.8) is 0 Å². The van der Waals surface area contributed by atoms with Crippen LogP contribution in [0.1, 0.15) is 23.1 Å². The Kier molecular flexibility index (Phi) is 6.38. The Bertz CT molecular complexity index is 1040. The highest BCUT2D eigenvalue weighted by Gasteiger charge is 2.55. The first kappa shape index (κ1) is 21.6. The second kappa shape index (κ2) is 9.74. The van der Waals surface area contributed by atoms with E-state index in [0.717, 1.165) is 24.8 Å². The lowest BCUT2D eigenvalue weighted by atomic mass is 9.67. The molecule has 0 radical (unpaired) electrons. The van der Waals surface area contributed by atoms with E-state index >= 15 is 0 Å². The molecule has 2 fully saturated rings. The third-order valence-corrected chi connectivity index (χ3v) is 6.51. The first-order valence-electron chi connectivity index (χ1n) is 11.5. The van der Waals surface area contributed by atoms with Crippen molar-refractivity contribution in [3.05, 3.63) is 114 Å². The summed E-state index contributed by atoms with van der Waals surface area (Å²) in [4.78, 5) is 12.9. The summed E-state index contributed by atoms with van der Waals surface area (Å²) in [5, 5.41) is 0. The molecule has 5 rings (SSSR count). The monoisotopic (exact) mass is 440 g/mol. The van der Waals surface area contributed by atoms with Gasteiger partial charge in [0.25, 0.3) is 0 Å². The molecular weight excluding hydrogens is 412 g/mol. The lowest BCUT2D eigenvalue weighted by Crippen LogP contribution is -2.53. The lowest BCUT2D eigenvalue weighted by molar-refractivity contribution is -0.221. The molecule has 3 aromatic rings. The van der Waals surface area contributed by atoms with E-state index in [1.54, 1.807) is 6.08 Å². The Morgan fingerprint density at radius 1 is 0.879 bits per heavy atom. The summed E-state index contributed by atoms with van der Waals surface area (Å²) in [5.74, 6) is -0.382. The minimum Gasteiger partial charge on any atom is -0.453 e. The molecule has 2 aliphatic rings. The summed E-state index contributed by atoms with van der Waals surface area (Å²) in [6.07, 6.45) is 4.55. The molecule has 0 amide bonds. The second-order valence-corrected chi connectivity index (χ2v) is 8.95. The molecule has 2 aliphatic heterocycles. The first-order valence-corrected chi connectivity index (χ1v) is 11.5. The third kappa shape index (κ3) is 5.08. The van der Waals surface area contributed by atoms with Crippen molar-refractivity contribution in [2.75, 3.05) is 6.61 Å². The predicted molar refractivity (Wildman–Crippen MR) is 127 cm³/mol. The molecule has 3 atom stereocenters. The molecule has 0 N–H and O–H groups in total. The van der Waals surface area contributed by atoms with Crippen LogP contribution in [-0.4, -0.2) is 31.1 Å². The average molecular weight is 441 g/mol. The molecule has 0 aromatic heterocycles. The molecule has 2 saturated heterocycles. The van der Waals surface area contributed by atoms with Gasteiger partial charge in [0.05, 0.1) is 12.7 Å². The van der Waals surface area contributed by atoms with Crippen molar-refractivity contribution < 1.29 is 19.0 Å². The number of benzene rings is 3. The highest BCUT2D eigenvalue weighted by Crippen LogP contribution is 2.47. The summed E-state index contributed by atoms with van der Waals surface area (Å²) in [6, 6.07) is 30.6. The van der Waals surface area contributed by atoms with Crippen molar-refractivity contribution in [3.8, 4) is 0 Å². The highest BCUT2D eigenvalue weighted by atomic mass is 16.7. The molecule has 0 aliphatic carbocycles. The summed E-state index contributed by atoms with van der Waals surface area (Å²) in [6.45, 7) is 0.532. The van der Waals surface area contributed by atoms with Gasteiger partial charge in [-0.25, -0.2) is 4.79 Å². The van der Waals surface area contributed by atoms with Crippen molar-refractivity contribution in [2.24, 2.45) is 5.41 Å². The fraction of sp³-hybridized carbons (Fsp3) is 0.276. The van der Waals surface area contributed by atoms with Crippen LogP contribution in [0.3, 0.4) is 0 Å². The van der Waals surface area contributed by atoms with Crippen LogP contribution in [0, 0.1) is 5.41 Å². The van der Waals surface area contributed by atoms with Gasteiger partial charge in [0.1, 0.15) is 0 Å². The van der Waals surface area contributed by atoms with E-state index in [-0.39, 0.29) is 17.5 Å². The molecule has 4 heteroatoms. The van der Waals surface area contributed by atoms with Crippen LogP contribution in [0.4, 0.5) is 0 Å². The Labute approximate surface area is 194 Å². The second-order valence-electron chi connectivity index (χ2n) is 8.95. The number of fused-ring (bicyclic) bond motifs is 2. The van der Waals surface area contributed by atoms with Crippen molar-refractivity contribution >= 4 is 12.0 Å². The van der Waals surface area contributed by atoms with Gasteiger partial charge >= 0.3 is 5.97 Å². The van der Waals surface area contributed by atoms with E-state index in [1.807, 2.05) is 42.5 Å². The maximum absolute atomic E-state index is 12.9. The molecule has 0 spiro atoms. The Balaban J connectivity index is 1.46. The Hall–Kier alpha value is -3.21.